The van der Waals surface area contributed by atoms with Crippen LogP contribution in [0.3, 0.4) is 0 Å². The highest BCUT2D eigenvalue weighted by Crippen LogP contribution is 2.33. The third-order valence-corrected chi connectivity index (χ3v) is 9.78. The molecule has 0 saturated carbocycles. The van der Waals surface area contributed by atoms with Gasteiger partial charge in [-0.15, -0.1) is 5.10 Å². The Morgan fingerprint density at radius 1 is 0.847 bits per heavy atom. The predicted octanol–water partition coefficient (Wildman–Crippen LogP) is 5.41. The van der Waals surface area contributed by atoms with Crippen molar-refractivity contribution in [1.82, 2.24) is 20.4 Å². The quantitative estimate of drug-likeness (QED) is 0.0337. The van der Waals surface area contributed by atoms with Gasteiger partial charge in [0.15, 0.2) is 12.1 Å². The van der Waals surface area contributed by atoms with Gasteiger partial charge in [0.25, 0.3) is 0 Å². The fourth-order valence-corrected chi connectivity index (χ4v) is 6.58. The van der Waals surface area contributed by atoms with Gasteiger partial charge in [-0.1, -0.05) is 75.3 Å². The van der Waals surface area contributed by atoms with E-state index < -0.39 is 48.0 Å². The number of aliphatic hydroxyl groups excluding tert-OH is 1. The number of aliphatic hydroxyl groups is 2. The van der Waals surface area contributed by atoms with E-state index in [0.29, 0.717) is 29.6 Å². The lowest BCUT2D eigenvalue weighted by Gasteiger charge is -2.21. The van der Waals surface area contributed by atoms with Crippen LogP contribution in [-0.2, 0) is 14.4 Å². The Labute approximate surface area is 341 Å². The van der Waals surface area contributed by atoms with Gasteiger partial charge in [0.1, 0.15) is 5.82 Å². The molecular weight excluding hydrogens is 764 g/mol. The molecule has 2 atom stereocenters. The molecule has 0 aliphatic rings. The first-order valence-corrected chi connectivity index (χ1v) is 19.9. The van der Waals surface area contributed by atoms with Crippen LogP contribution in [0.25, 0.3) is 22.0 Å². The molecule has 0 aliphatic carbocycles. The maximum absolute atomic E-state index is 14.1. The van der Waals surface area contributed by atoms with E-state index in [1.54, 1.807) is 31.2 Å². The molecule has 0 bridgehead atoms. The number of aromatic nitrogens is 2. The molecule has 3 aromatic carbocycles. The summed E-state index contributed by atoms with van der Waals surface area (Å²) in [6.45, 7) is 2.24. The number of aryl methyl sites for hydroxylation is 1. The number of carboxylic acid groups (broad SMARTS) is 1. The van der Waals surface area contributed by atoms with E-state index >= 15 is 0 Å². The largest absolute Gasteiger partial charge is 0.481 e. The number of benzene rings is 3. The Kier molecular flexibility index (Phi) is 17.8. The first-order chi connectivity index (χ1) is 28.2. The average molecular weight is 819 g/mol. The van der Waals surface area contributed by atoms with Crippen LogP contribution in [-0.4, -0.2) is 79.7 Å². The van der Waals surface area contributed by atoms with Crippen molar-refractivity contribution in [3.05, 3.63) is 72.0 Å². The van der Waals surface area contributed by atoms with E-state index in [-0.39, 0.29) is 36.7 Å². The van der Waals surface area contributed by atoms with Crippen molar-refractivity contribution in [2.75, 3.05) is 22.9 Å². The minimum absolute atomic E-state index is 0.0847. The van der Waals surface area contributed by atoms with Gasteiger partial charge in [-0.3, -0.25) is 19.2 Å². The molecular formula is C42H55FN8O8. The number of carboxylic acids is 1. The number of hydrogen-bond donors (Lipinski definition) is 9. The van der Waals surface area contributed by atoms with Crippen LogP contribution < -0.4 is 32.7 Å². The molecule has 0 unspecified atom stereocenters. The number of carbonyl (C=O) groups is 5. The van der Waals surface area contributed by atoms with Crippen molar-refractivity contribution in [2.45, 2.75) is 109 Å². The maximum atomic E-state index is 14.1. The zero-order valence-electron chi connectivity index (χ0n) is 33.2. The zero-order chi connectivity index (χ0) is 42.9. The SMILES string of the molecule is Cc1ccc(F)c(NC(=O)Nc2ccc(-c3cccc4c3c(N)nn4C(=O)CCCCCCCCCCCNC(=O)C[C@H](N)C(=O)N[C@@H](CCC(=O)O)C(O)O)cc2)c1. The third-order valence-electron chi connectivity index (χ3n) is 9.78. The standard InChI is InChI=1S/C42H55FN8O8/c1-26-15-20-30(43)33(24-26)49-42(59)47-28-18-16-27(17-19-28)29-12-11-13-34-38(29)39(45)50-51(34)36(53)14-9-7-5-3-2-4-6-8-10-23-46-35(52)25-31(44)40(56)48-32(41(57)58)21-22-37(54)55/h11-13,15-20,24,31-32,41,57-58H,2-10,14,21-23,25,44H2,1H3,(H2,45,50)(H,46,52)(H,48,56)(H,54,55)(H2,47,49,59)/t31-,32-/m0/s1. The molecule has 4 amide bonds. The summed E-state index contributed by atoms with van der Waals surface area (Å²) in [7, 11) is 0. The summed E-state index contributed by atoms with van der Waals surface area (Å²) in [4.78, 5) is 60.9. The molecule has 0 radical (unpaired) electrons. The lowest BCUT2D eigenvalue weighted by molar-refractivity contribution is -0.139. The number of urea groups is 1. The summed E-state index contributed by atoms with van der Waals surface area (Å²) < 4.78 is 15.4. The number of carbonyl (C=O) groups excluding carboxylic acids is 4. The summed E-state index contributed by atoms with van der Waals surface area (Å²) in [6, 6.07) is 14.1. The van der Waals surface area contributed by atoms with E-state index in [1.165, 1.54) is 10.7 Å². The van der Waals surface area contributed by atoms with Gasteiger partial charge in [-0.2, -0.15) is 4.68 Å². The van der Waals surface area contributed by atoms with E-state index in [1.807, 2.05) is 30.3 Å². The number of nitrogen functional groups attached to an aromatic ring is 1. The molecule has 4 aromatic rings. The second kappa shape index (κ2) is 22.9. The van der Waals surface area contributed by atoms with Crippen molar-refractivity contribution in [2.24, 2.45) is 5.73 Å². The number of fused-ring (bicyclic) bond motifs is 1. The fraction of sp³-hybridized carbons (Fsp3) is 0.429. The molecule has 16 nitrogen and oxygen atoms in total. The molecule has 318 valence electrons. The summed E-state index contributed by atoms with van der Waals surface area (Å²) in [6.07, 6.45) is 5.95. The molecule has 0 saturated heterocycles. The molecule has 59 heavy (non-hydrogen) atoms. The van der Waals surface area contributed by atoms with Gasteiger partial charge in [-0.25, -0.2) is 9.18 Å². The topological polar surface area (TPSA) is 264 Å². The number of halogens is 1. The van der Waals surface area contributed by atoms with Gasteiger partial charge in [0.05, 0.1) is 35.1 Å². The summed E-state index contributed by atoms with van der Waals surface area (Å²) >= 11 is 0. The second-order valence-corrected chi connectivity index (χ2v) is 14.6. The van der Waals surface area contributed by atoms with Gasteiger partial charge in [0.2, 0.25) is 17.7 Å². The molecule has 4 rings (SSSR count). The highest BCUT2D eigenvalue weighted by atomic mass is 19.1. The summed E-state index contributed by atoms with van der Waals surface area (Å²) in [5.41, 5.74) is 15.7. The number of nitrogens with zero attached hydrogens (tertiary/aromatic N) is 2. The number of nitrogens with two attached hydrogens (primary N) is 2. The van der Waals surface area contributed by atoms with Crippen molar-refractivity contribution < 1.29 is 43.7 Å². The monoisotopic (exact) mass is 818 g/mol. The number of nitrogens with one attached hydrogen (secondary N) is 4. The first-order valence-electron chi connectivity index (χ1n) is 19.9. The van der Waals surface area contributed by atoms with Gasteiger partial charge in [-0.05, 0) is 73.2 Å². The van der Waals surface area contributed by atoms with E-state index in [0.717, 1.165) is 74.5 Å². The number of anilines is 3. The number of amides is 4. The van der Waals surface area contributed by atoms with E-state index in [9.17, 15) is 38.6 Å². The molecule has 1 aromatic heterocycles. The maximum Gasteiger partial charge on any atom is 0.323 e. The number of aliphatic carboxylic acids is 1. The van der Waals surface area contributed by atoms with Crippen molar-refractivity contribution in [3.63, 3.8) is 0 Å². The van der Waals surface area contributed by atoms with Crippen LogP contribution in [0.15, 0.2) is 60.7 Å². The highest BCUT2D eigenvalue weighted by Gasteiger charge is 2.25. The minimum Gasteiger partial charge on any atom is -0.481 e. The lowest BCUT2D eigenvalue weighted by atomic mass is 10.0. The predicted molar refractivity (Wildman–Crippen MR) is 223 cm³/mol. The smallest absolute Gasteiger partial charge is 0.323 e. The zero-order valence-corrected chi connectivity index (χ0v) is 33.2. The molecule has 0 aliphatic heterocycles. The van der Waals surface area contributed by atoms with Crippen molar-refractivity contribution >= 4 is 57.8 Å². The minimum atomic E-state index is -1.96. The fourth-order valence-electron chi connectivity index (χ4n) is 6.58. The van der Waals surface area contributed by atoms with Gasteiger partial charge < -0.3 is 48.1 Å². The Morgan fingerprint density at radius 3 is 2.17 bits per heavy atom. The first kappa shape index (κ1) is 45.8. The molecule has 1 heterocycles. The van der Waals surface area contributed by atoms with Gasteiger partial charge >= 0.3 is 12.0 Å². The third kappa shape index (κ3) is 14.5. The average Bonchev–Trinajstić information content (AvgIpc) is 3.54. The van der Waals surface area contributed by atoms with Crippen molar-refractivity contribution in [1.29, 1.82) is 0 Å². The molecule has 17 heteroatoms. The van der Waals surface area contributed by atoms with E-state index in [2.05, 4.69) is 26.4 Å². The lowest BCUT2D eigenvalue weighted by Crippen LogP contribution is -2.51. The Hall–Kier alpha value is -5.91. The Morgan fingerprint density at radius 2 is 1.51 bits per heavy atom. The number of rotatable bonds is 23. The summed E-state index contributed by atoms with van der Waals surface area (Å²) in [5.74, 6) is -2.77. The number of unbranched alkanes of at least 4 members (excludes halogenated alkanes) is 8. The van der Waals surface area contributed by atoms with E-state index in [4.69, 9.17) is 16.6 Å². The second-order valence-electron chi connectivity index (χ2n) is 14.6. The van der Waals surface area contributed by atoms with Crippen molar-refractivity contribution in [3.8, 4) is 11.1 Å². The number of hydrogen-bond acceptors (Lipinski definition) is 10. The van der Waals surface area contributed by atoms with Crippen LogP contribution in [0.5, 0.6) is 0 Å². The van der Waals surface area contributed by atoms with Crippen LogP contribution in [0.1, 0.15) is 93.8 Å². The highest BCUT2D eigenvalue weighted by molar-refractivity contribution is 6.05. The normalized spacial score (nSPS) is 12.2. The molecule has 0 fully saturated rings. The van der Waals surface area contributed by atoms with Crippen LogP contribution in [0.4, 0.5) is 26.4 Å². The Balaban J connectivity index is 1.10. The molecule has 0 spiro atoms. The molecule has 11 N–H and O–H groups in total. The van der Waals surface area contributed by atoms with Crippen LogP contribution in [0.2, 0.25) is 0 Å². The Bertz CT molecular complexity index is 2060. The van der Waals surface area contributed by atoms with Crippen LogP contribution in [0, 0.1) is 12.7 Å². The summed E-state index contributed by atoms with van der Waals surface area (Å²) in [5, 5.41) is 42.8. The van der Waals surface area contributed by atoms with Crippen LogP contribution >= 0.6 is 0 Å². The van der Waals surface area contributed by atoms with Gasteiger partial charge in [0, 0.05) is 25.1 Å².